The van der Waals surface area contributed by atoms with Gasteiger partial charge >= 0.3 is 0 Å². The van der Waals surface area contributed by atoms with Crippen molar-refractivity contribution in [3.63, 3.8) is 0 Å². The average Bonchev–Trinajstić information content (AvgIpc) is 3.43. The Hall–Kier alpha value is -3.52. The van der Waals surface area contributed by atoms with Gasteiger partial charge in [-0.25, -0.2) is 8.78 Å². The zero-order chi connectivity index (χ0) is 24.5. The Balaban J connectivity index is 1.73. The topological polar surface area (TPSA) is 72.4 Å². The van der Waals surface area contributed by atoms with Crippen LogP contribution in [-0.2, 0) is 0 Å². The molecule has 0 radical (unpaired) electrons. The quantitative estimate of drug-likeness (QED) is 0.495. The van der Waals surface area contributed by atoms with Crippen LogP contribution < -0.4 is 15.4 Å². The van der Waals surface area contributed by atoms with Crippen LogP contribution in [0, 0.1) is 11.6 Å². The molecule has 2 heterocycles. The summed E-state index contributed by atoms with van der Waals surface area (Å²) >= 11 is 0. The van der Waals surface area contributed by atoms with E-state index in [0.717, 1.165) is 31.4 Å². The highest BCUT2D eigenvalue weighted by molar-refractivity contribution is 6.07. The van der Waals surface area contributed by atoms with Crippen LogP contribution in [0.15, 0.2) is 48.7 Å². The number of aldehydes is 1. The number of ether oxygens (including phenoxy) is 1. The summed E-state index contributed by atoms with van der Waals surface area (Å²) in [4.78, 5) is 25.4. The van der Waals surface area contributed by atoms with Gasteiger partial charge in [0.25, 0.3) is 5.91 Å². The molecule has 1 atom stereocenters. The smallest absolute Gasteiger partial charge is 0.254 e. The number of nitrogens with zero attached hydrogens (tertiary/aromatic N) is 1. The van der Waals surface area contributed by atoms with Gasteiger partial charge in [0.15, 0.2) is 23.7 Å². The fraction of sp³-hybridized carbons (Fsp3) is 0.308. The summed E-state index contributed by atoms with van der Waals surface area (Å²) in [6.07, 6.45) is 3.39. The molecule has 34 heavy (non-hydrogen) atoms. The van der Waals surface area contributed by atoms with E-state index in [1.807, 2.05) is 31.5 Å². The minimum atomic E-state index is -0.803. The van der Waals surface area contributed by atoms with Crippen molar-refractivity contribution in [3.8, 4) is 22.6 Å². The van der Waals surface area contributed by atoms with Gasteiger partial charge in [-0.3, -0.25) is 9.59 Å². The van der Waals surface area contributed by atoms with Gasteiger partial charge < -0.3 is 19.9 Å². The van der Waals surface area contributed by atoms with E-state index < -0.39 is 22.9 Å². The van der Waals surface area contributed by atoms with Gasteiger partial charge in [0.1, 0.15) is 5.75 Å². The highest BCUT2D eigenvalue weighted by atomic mass is 19.1. The number of rotatable bonds is 6. The second-order valence-electron chi connectivity index (χ2n) is 9.36. The standard InChI is InChI=1S/C26H27F2N3O3/c1-26(2,3)30-25(33)23-19(14-31(22(23)15-32)17-11-12-29-13-17)16-7-9-18(10-8-16)34-24-20(27)5-4-6-21(24)28/h4-10,14-15,17,29H,11-13H2,1-3H3,(H,30,33)/t17-/m1/s1. The summed E-state index contributed by atoms with van der Waals surface area (Å²) in [7, 11) is 0. The third kappa shape index (κ3) is 4.87. The monoisotopic (exact) mass is 467 g/mol. The Bertz CT molecular complexity index is 1190. The number of nitrogens with one attached hydrogen (secondary N) is 2. The lowest BCUT2D eigenvalue weighted by atomic mass is 10.0. The zero-order valence-electron chi connectivity index (χ0n) is 19.3. The Kier molecular flexibility index (Phi) is 6.52. The largest absolute Gasteiger partial charge is 0.451 e. The van der Waals surface area contributed by atoms with Gasteiger partial charge in [-0.05, 0) is 63.6 Å². The number of hydrogen-bond donors (Lipinski definition) is 2. The van der Waals surface area contributed by atoms with E-state index in [-0.39, 0.29) is 17.7 Å². The molecule has 2 aromatic carbocycles. The third-order valence-corrected chi connectivity index (χ3v) is 5.63. The van der Waals surface area contributed by atoms with E-state index in [9.17, 15) is 18.4 Å². The molecule has 8 heteroatoms. The first kappa shape index (κ1) is 23.6. The second kappa shape index (κ2) is 9.38. The van der Waals surface area contributed by atoms with E-state index in [1.54, 1.807) is 24.3 Å². The predicted octanol–water partition coefficient (Wildman–Crippen LogP) is 5.10. The number of amides is 1. The maximum Gasteiger partial charge on any atom is 0.254 e. The number of carbonyl (C=O) groups is 2. The number of hydrogen-bond acceptors (Lipinski definition) is 4. The van der Waals surface area contributed by atoms with Crippen LogP contribution in [0.3, 0.4) is 0 Å². The molecule has 6 nitrogen and oxygen atoms in total. The molecule has 4 rings (SSSR count). The zero-order valence-corrected chi connectivity index (χ0v) is 19.3. The lowest BCUT2D eigenvalue weighted by molar-refractivity contribution is 0.0914. The molecule has 3 aromatic rings. The fourth-order valence-electron chi connectivity index (χ4n) is 4.10. The maximum absolute atomic E-state index is 13.9. The van der Waals surface area contributed by atoms with Gasteiger partial charge in [0.05, 0.1) is 11.3 Å². The van der Waals surface area contributed by atoms with Crippen molar-refractivity contribution in [1.82, 2.24) is 15.2 Å². The molecule has 0 aliphatic carbocycles. The highest BCUT2D eigenvalue weighted by Gasteiger charge is 2.29. The van der Waals surface area contributed by atoms with Crippen LogP contribution in [0.2, 0.25) is 0 Å². The van der Waals surface area contributed by atoms with Crippen molar-refractivity contribution in [2.75, 3.05) is 13.1 Å². The number of halogens is 2. The van der Waals surface area contributed by atoms with E-state index in [0.29, 0.717) is 28.9 Å². The average molecular weight is 468 g/mol. The fourth-order valence-corrected chi connectivity index (χ4v) is 4.10. The van der Waals surface area contributed by atoms with Crippen LogP contribution in [0.25, 0.3) is 11.1 Å². The summed E-state index contributed by atoms with van der Waals surface area (Å²) in [5, 5.41) is 6.23. The van der Waals surface area contributed by atoms with Crippen LogP contribution in [-0.4, -0.2) is 35.4 Å². The van der Waals surface area contributed by atoms with Gasteiger partial charge in [-0.1, -0.05) is 18.2 Å². The lowest BCUT2D eigenvalue weighted by Gasteiger charge is -2.21. The van der Waals surface area contributed by atoms with Crippen molar-refractivity contribution >= 4 is 12.2 Å². The lowest BCUT2D eigenvalue weighted by Crippen LogP contribution is -2.41. The van der Waals surface area contributed by atoms with Crippen molar-refractivity contribution in [3.05, 3.63) is 71.6 Å². The summed E-state index contributed by atoms with van der Waals surface area (Å²) in [6, 6.07) is 10.1. The summed E-state index contributed by atoms with van der Waals surface area (Å²) < 4.78 is 35.1. The first-order valence-corrected chi connectivity index (χ1v) is 11.1. The van der Waals surface area contributed by atoms with Crippen molar-refractivity contribution in [1.29, 1.82) is 0 Å². The number of para-hydroxylation sites is 1. The molecular formula is C26H27F2N3O3. The summed E-state index contributed by atoms with van der Waals surface area (Å²) in [5.74, 6) is -2.19. The molecule has 1 aliphatic heterocycles. The van der Waals surface area contributed by atoms with E-state index >= 15 is 0 Å². The van der Waals surface area contributed by atoms with Crippen LogP contribution in [0.4, 0.5) is 8.78 Å². The number of aromatic nitrogens is 1. The van der Waals surface area contributed by atoms with Gasteiger partial charge in [-0.2, -0.15) is 0 Å². The molecule has 1 aromatic heterocycles. The Labute approximate surface area is 196 Å². The molecule has 0 saturated carbocycles. The minimum Gasteiger partial charge on any atom is -0.451 e. The van der Waals surface area contributed by atoms with Gasteiger partial charge in [0, 0.05) is 29.9 Å². The van der Waals surface area contributed by atoms with E-state index in [4.69, 9.17) is 4.74 Å². The second-order valence-corrected chi connectivity index (χ2v) is 9.36. The first-order chi connectivity index (χ1) is 16.2. The van der Waals surface area contributed by atoms with Gasteiger partial charge in [-0.15, -0.1) is 0 Å². The molecule has 1 fully saturated rings. The molecule has 0 unspecified atom stereocenters. The Morgan fingerprint density at radius 1 is 1.15 bits per heavy atom. The van der Waals surface area contributed by atoms with Crippen LogP contribution >= 0.6 is 0 Å². The molecular weight excluding hydrogens is 440 g/mol. The predicted molar refractivity (Wildman–Crippen MR) is 125 cm³/mol. The minimum absolute atomic E-state index is 0.0572. The van der Waals surface area contributed by atoms with E-state index in [2.05, 4.69) is 10.6 Å². The van der Waals surface area contributed by atoms with Gasteiger partial charge in [0.2, 0.25) is 0 Å². The molecule has 1 saturated heterocycles. The molecule has 1 amide bonds. The molecule has 0 bridgehead atoms. The summed E-state index contributed by atoms with van der Waals surface area (Å²) in [6.45, 7) is 7.15. The van der Waals surface area contributed by atoms with Crippen molar-refractivity contribution < 1.29 is 23.1 Å². The molecule has 178 valence electrons. The maximum atomic E-state index is 13.9. The van der Waals surface area contributed by atoms with Crippen LogP contribution in [0.1, 0.15) is 54.1 Å². The van der Waals surface area contributed by atoms with Crippen molar-refractivity contribution in [2.45, 2.75) is 38.8 Å². The summed E-state index contributed by atoms with van der Waals surface area (Å²) in [5.41, 5.74) is 1.39. The normalized spacial score (nSPS) is 15.9. The van der Waals surface area contributed by atoms with Crippen LogP contribution in [0.5, 0.6) is 11.5 Å². The Morgan fingerprint density at radius 3 is 2.38 bits per heavy atom. The van der Waals surface area contributed by atoms with E-state index in [1.165, 1.54) is 6.07 Å². The third-order valence-electron chi connectivity index (χ3n) is 5.63. The first-order valence-electron chi connectivity index (χ1n) is 11.1. The Morgan fingerprint density at radius 2 is 1.82 bits per heavy atom. The molecule has 1 aliphatic rings. The molecule has 2 N–H and O–H groups in total. The van der Waals surface area contributed by atoms with Crippen molar-refractivity contribution in [2.24, 2.45) is 0 Å². The highest BCUT2D eigenvalue weighted by Crippen LogP contribution is 2.34. The number of benzene rings is 2. The molecule has 0 spiro atoms. The SMILES string of the molecule is CC(C)(C)NC(=O)c1c(-c2ccc(Oc3c(F)cccc3F)cc2)cn([C@@H]2CCNC2)c1C=O. The number of carbonyl (C=O) groups excluding carboxylic acids is 2.